The maximum atomic E-state index is 5.19. The molecular formula is C17H21BrN2O. The lowest BCUT2D eigenvalue weighted by Gasteiger charge is -2.18. The Kier molecular flexibility index (Phi) is 6.21. The number of aromatic nitrogens is 1. The van der Waals surface area contributed by atoms with Crippen molar-refractivity contribution < 1.29 is 4.74 Å². The summed E-state index contributed by atoms with van der Waals surface area (Å²) in [6, 6.07) is 12.5. The highest BCUT2D eigenvalue weighted by molar-refractivity contribution is 9.10. The molecule has 4 heteroatoms. The van der Waals surface area contributed by atoms with Gasteiger partial charge in [-0.25, -0.2) is 0 Å². The summed E-state index contributed by atoms with van der Waals surface area (Å²) in [5.41, 5.74) is 2.39. The van der Waals surface area contributed by atoms with Gasteiger partial charge in [0.2, 0.25) is 0 Å². The molecule has 1 unspecified atom stereocenters. The zero-order chi connectivity index (χ0) is 15.1. The second-order valence-corrected chi connectivity index (χ2v) is 5.72. The monoisotopic (exact) mass is 348 g/mol. The number of methoxy groups -OCH3 is 1. The van der Waals surface area contributed by atoms with Gasteiger partial charge in [0.05, 0.1) is 18.8 Å². The molecule has 112 valence electrons. The molecule has 2 aromatic rings. The molecule has 0 aliphatic rings. The molecule has 21 heavy (non-hydrogen) atoms. The van der Waals surface area contributed by atoms with Crippen LogP contribution in [-0.2, 0) is 6.42 Å². The van der Waals surface area contributed by atoms with Crippen LogP contribution < -0.4 is 10.1 Å². The predicted octanol–water partition coefficient (Wildman–Crippen LogP) is 4.14. The smallest absolute Gasteiger partial charge is 0.118 e. The number of benzene rings is 1. The van der Waals surface area contributed by atoms with Gasteiger partial charge >= 0.3 is 0 Å². The van der Waals surface area contributed by atoms with Crippen LogP contribution in [0.3, 0.4) is 0 Å². The topological polar surface area (TPSA) is 34.1 Å². The van der Waals surface area contributed by atoms with Crippen LogP contribution in [0, 0.1) is 0 Å². The molecule has 0 bridgehead atoms. The summed E-state index contributed by atoms with van der Waals surface area (Å²) in [6.07, 6.45) is 3.86. The lowest BCUT2D eigenvalue weighted by molar-refractivity contribution is 0.414. The number of halogens is 1. The lowest BCUT2D eigenvalue weighted by Crippen LogP contribution is -2.22. The number of hydrogen-bond acceptors (Lipinski definition) is 3. The molecule has 1 heterocycles. The van der Waals surface area contributed by atoms with Crippen molar-refractivity contribution in [3.8, 4) is 5.75 Å². The molecule has 3 nitrogen and oxygen atoms in total. The lowest BCUT2D eigenvalue weighted by atomic mass is 10.0. The third-order valence-electron chi connectivity index (χ3n) is 3.45. The first-order valence-corrected chi connectivity index (χ1v) is 8.00. The molecule has 1 aromatic heterocycles. The zero-order valence-corrected chi connectivity index (χ0v) is 14.1. The normalized spacial score (nSPS) is 12.1. The van der Waals surface area contributed by atoms with E-state index in [1.54, 1.807) is 7.11 Å². The molecule has 0 saturated heterocycles. The number of nitrogens with one attached hydrogen (secondary N) is 1. The first-order valence-electron chi connectivity index (χ1n) is 7.21. The van der Waals surface area contributed by atoms with E-state index in [-0.39, 0.29) is 6.04 Å². The van der Waals surface area contributed by atoms with Crippen molar-refractivity contribution >= 4 is 15.9 Å². The highest BCUT2D eigenvalue weighted by Gasteiger charge is 2.14. The molecule has 0 aliphatic carbocycles. The van der Waals surface area contributed by atoms with Crippen molar-refractivity contribution in [2.75, 3.05) is 13.7 Å². The largest absolute Gasteiger partial charge is 0.497 e. The average molecular weight is 349 g/mol. The molecular weight excluding hydrogens is 328 g/mol. The van der Waals surface area contributed by atoms with Crippen LogP contribution in [-0.4, -0.2) is 18.6 Å². The van der Waals surface area contributed by atoms with Crippen molar-refractivity contribution in [2.45, 2.75) is 25.8 Å². The van der Waals surface area contributed by atoms with Crippen LogP contribution in [0.25, 0.3) is 0 Å². The van der Waals surface area contributed by atoms with Gasteiger partial charge in [0.25, 0.3) is 0 Å². The zero-order valence-electron chi connectivity index (χ0n) is 12.5. The van der Waals surface area contributed by atoms with Crippen LogP contribution in [0.2, 0.25) is 0 Å². The van der Waals surface area contributed by atoms with E-state index in [1.807, 2.05) is 30.5 Å². The van der Waals surface area contributed by atoms with E-state index in [0.717, 1.165) is 35.3 Å². The number of rotatable bonds is 7. The summed E-state index contributed by atoms with van der Waals surface area (Å²) in [4.78, 5) is 4.51. The van der Waals surface area contributed by atoms with E-state index in [2.05, 4.69) is 45.3 Å². The fraction of sp³-hybridized carbons (Fsp3) is 0.353. The quantitative estimate of drug-likeness (QED) is 0.816. The molecule has 0 amide bonds. The second kappa shape index (κ2) is 8.15. The summed E-state index contributed by atoms with van der Waals surface area (Å²) < 4.78 is 6.25. The summed E-state index contributed by atoms with van der Waals surface area (Å²) >= 11 is 3.59. The van der Waals surface area contributed by atoms with Crippen LogP contribution in [0.15, 0.2) is 47.1 Å². The Morgan fingerprint density at radius 3 is 2.62 bits per heavy atom. The summed E-state index contributed by atoms with van der Waals surface area (Å²) in [5.74, 6) is 0.898. The molecule has 0 spiro atoms. The first-order chi connectivity index (χ1) is 10.2. The van der Waals surface area contributed by atoms with E-state index in [0.29, 0.717) is 0 Å². The van der Waals surface area contributed by atoms with Crippen molar-refractivity contribution in [3.63, 3.8) is 0 Å². The fourth-order valence-corrected chi connectivity index (χ4v) is 2.87. The van der Waals surface area contributed by atoms with E-state index in [9.17, 15) is 0 Å². The third kappa shape index (κ3) is 4.55. The van der Waals surface area contributed by atoms with Crippen molar-refractivity contribution in [2.24, 2.45) is 0 Å². The van der Waals surface area contributed by atoms with Crippen molar-refractivity contribution in [3.05, 3.63) is 58.3 Å². The van der Waals surface area contributed by atoms with E-state index >= 15 is 0 Å². The third-order valence-corrected chi connectivity index (χ3v) is 4.12. The Morgan fingerprint density at radius 1 is 1.24 bits per heavy atom. The Balaban J connectivity index is 2.04. The fourth-order valence-electron chi connectivity index (χ4n) is 2.34. The molecule has 2 rings (SSSR count). The number of aryl methyl sites for hydroxylation is 1. The number of pyridine rings is 1. The Labute approximate surface area is 134 Å². The molecule has 0 fully saturated rings. The molecule has 0 aliphatic heterocycles. The number of ether oxygens (including phenoxy) is 1. The highest BCUT2D eigenvalue weighted by Crippen LogP contribution is 2.25. The van der Waals surface area contributed by atoms with Gasteiger partial charge in [-0.15, -0.1) is 0 Å². The van der Waals surface area contributed by atoms with Gasteiger partial charge in [0.1, 0.15) is 5.75 Å². The van der Waals surface area contributed by atoms with Crippen molar-refractivity contribution in [1.29, 1.82) is 0 Å². The Hall–Kier alpha value is -1.39. The van der Waals surface area contributed by atoms with Gasteiger partial charge in [0, 0.05) is 10.7 Å². The molecule has 0 saturated carbocycles. The standard InChI is InChI=1S/C17H21BrN2O/c1-3-19-16(17-15(18)5-4-12-20-17)11-8-13-6-9-14(21-2)10-7-13/h4-7,9-10,12,16,19H,3,8,11H2,1-2H3. The summed E-state index contributed by atoms with van der Waals surface area (Å²) in [7, 11) is 1.69. The maximum absolute atomic E-state index is 5.19. The minimum absolute atomic E-state index is 0.257. The van der Waals surface area contributed by atoms with Gasteiger partial charge < -0.3 is 10.1 Å². The number of hydrogen-bond donors (Lipinski definition) is 1. The Bertz CT molecular complexity index is 557. The minimum atomic E-state index is 0.257. The van der Waals surface area contributed by atoms with E-state index in [4.69, 9.17) is 4.74 Å². The van der Waals surface area contributed by atoms with Gasteiger partial charge in [0.15, 0.2) is 0 Å². The van der Waals surface area contributed by atoms with Crippen molar-refractivity contribution in [1.82, 2.24) is 10.3 Å². The van der Waals surface area contributed by atoms with E-state index in [1.165, 1.54) is 5.56 Å². The first kappa shape index (κ1) is 16.0. The second-order valence-electron chi connectivity index (χ2n) is 4.87. The summed E-state index contributed by atoms with van der Waals surface area (Å²) in [5, 5.41) is 3.52. The maximum Gasteiger partial charge on any atom is 0.118 e. The highest BCUT2D eigenvalue weighted by atomic mass is 79.9. The molecule has 1 N–H and O–H groups in total. The SMILES string of the molecule is CCNC(CCc1ccc(OC)cc1)c1ncccc1Br. The summed E-state index contributed by atoms with van der Waals surface area (Å²) in [6.45, 7) is 3.05. The van der Waals surface area contributed by atoms with Crippen LogP contribution in [0.5, 0.6) is 5.75 Å². The average Bonchev–Trinajstić information content (AvgIpc) is 2.53. The van der Waals surface area contributed by atoms with Gasteiger partial charge in [-0.3, -0.25) is 4.98 Å². The van der Waals surface area contributed by atoms with Crippen LogP contribution in [0.1, 0.15) is 30.6 Å². The van der Waals surface area contributed by atoms with Gasteiger partial charge in [-0.2, -0.15) is 0 Å². The van der Waals surface area contributed by atoms with E-state index < -0.39 is 0 Å². The number of nitrogens with zero attached hydrogens (tertiary/aromatic N) is 1. The predicted molar refractivity (Wildman–Crippen MR) is 89.7 cm³/mol. The molecule has 1 aromatic carbocycles. The minimum Gasteiger partial charge on any atom is -0.497 e. The molecule has 0 radical (unpaired) electrons. The molecule has 1 atom stereocenters. The van der Waals surface area contributed by atoms with Gasteiger partial charge in [-0.05, 0) is 65.1 Å². The van der Waals surface area contributed by atoms with Crippen LogP contribution in [0.4, 0.5) is 0 Å². The van der Waals surface area contributed by atoms with Gasteiger partial charge in [-0.1, -0.05) is 19.1 Å². The Morgan fingerprint density at radius 2 is 2.00 bits per heavy atom. The van der Waals surface area contributed by atoms with Crippen LogP contribution >= 0.6 is 15.9 Å².